The standard InChI is InChI=1S/C32H17N8.C9H6NO2.Al.H/c1-2-10-18-17(9-1)25-33-26(18)38-28-21-13-5-6-14-22(21)30(35-28)40-32-24-16-8-7-15-23(24)31(36-32)39-29-20-12-4-3-11-19(20)27(34-29)37-25;1-10-8(11)6-4-2-3-5-7(6)9(10)12;;/h1-15H,(H2,33,34,35,36,37,38,39,40);2-5H,1H2;;. The van der Waals surface area contributed by atoms with E-state index in [1.54, 1.807) is 24.3 Å². The van der Waals surface area contributed by atoms with Gasteiger partial charge >= 0.3 is 15.2 Å². The zero-order valence-electron chi connectivity index (χ0n) is 27.8. The molecule has 12 heteroatoms. The lowest BCUT2D eigenvalue weighted by Crippen LogP contribution is -2.37. The van der Waals surface area contributed by atoms with E-state index in [-0.39, 0.29) is 11.8 Å². The maximum Gasteiger partial charge on any atom is 0.311 e. The summed E-state index contributed by atoms with van der Waals surface area (Å²) in [5, 5.41) is 3.90. The van der Waals surface area contributed by atoms with E-state index in [1.165, 1.54) is 4.90 Å². The predicted molar refractivity (Wildman–Crippen MR) is 205 cm³/mol. The summed E-state index contributed by atoms with van der Waals surface area (Å²) in [5.41, 5.74) is 6.80. The molecule has 0 fully saturated rings. The molecule has 0 aliphatic carbocycles. The topological polar surface area (TPSA) is 146 Å². The van der Waals surface area contributed by atoms with Gasteiger partial charge in [-0.1, -0.05) is 103 Å². The number of rotatable bonds is 3. The number of carbonyl (C=O) groups excluding carboxylic acids is 2. The number of nitrogens with one attached hydrogen (secondary N) is 2. The van der Waals surface area contributed by atoms with Crippen molar-refractivity contribution < 1.29 is 9.59 Å². The van der Waals surface area contributed by atoms with Gasteiger partial charge < -0.3 is 9.97 Å². The van der Waals surface area contributed by atoms with Crippen LogP contribution in [0, 0.1) is 0 Å². The van der Waals surface area contributed by atoms with Crippen molar-refractivity contribution >= 4 is 75.6 Å². The first-order chi connectivity index (χ1) is 26.1. The number of aromatic nitrogens is 8. The first-order valence-corrected chi connectivity index (χ1v) is 19.0. The summed E-state index contributed by atoms with van der Waals surface area (Å²) in [5.74, 6) is 1.60. The van der Waals surface area contributed by atoms with Crippen LogP contribution in [0.3, 0.4) is 0 Å². The monoisotopic (exact) mass is 701 g/mol. The molecule has 3 aliphatic heterocycles. The molecule has 2 amide bonds. The number of benzene rings is 5. The average Bonchev–Trinajstić information content (AvgIpc) is 3.98. The Morgan fingerprint density at radius 3 is 1.34 bits per heavy atom. The highest BCUT2D eigenvalue weighted by Crippen LogP contribution is 2.36. The van der Waals surface area contributed by atoms with Crippen molar-refractivity contribution in [1.29, 1.82) is 0 Å². The van der Waals surface area contributed by atoms with Crippen molar-refractivity contribution in [2.24, 2.45) is 0 Å². The summed E-state index contributed by atoms with van der Waals surface area (Å²) in [7, 11) is 0. The van der Waals surface area contributed by atoms with Crippen molar-refractivity contribution in [1.82, 2.24) is 44.8 Å². The molecule has 248 valence electrons. The molecule has 6 heterocycles. The molecule has 8 bridgehead atoms. The number of carbonyl (C=O) groups is 2. The van der Waals surface area contributed by atoms with Gasteiger partial charge in [0.15, 0.2) is 23.3 Å². The van der Waals surface area contributed by atoms with E-state index in [9.17, 15) is 9.59 Å². The molecule has 0 spiro atoms. The largest absolute Gasteiger partial charge is 0.324 e. The van der Waals surface area contributed by atoms with Crippen LogP contribution >= 0.6 is 0 Å². The quantitative estimate of drug-likeness (QED) is 0.164. The number of H-pyrrole nitrogens is 2. The summed E-state index contributed by atoms with van der Waals surface area (Å²) in [6.07, 6.45) is 0. The number of fused-ring (bicyclic) bond motifs is 21. The van der Waals surface area contributed by atoms with Crippen molar-refractivity contribution in [2.75, 3.05) is 5.41 Å². The predicted octanol–water partition coefficient (Wildman–Crippen LogP) is 6.18. The Kier molecular flexibility index (Phi) is 6.37. The van der Waals surface area contributed by atoms with Gasteiger partial charge in [0.1, 0.15) is 22.6 Å². The maximum absolute atomic E-state index is 13.3. The molecular weight excluding hydrogens is 677 g/mol. The number of aromatic amines is 2. The van der Waals surface area contributed by atoms with Crippen LogP contribution in [0.5, 0.6) is 0 Å². The van der Waals surface area contributed by atoms with Gasteiger partial charge in [0.25, 0.3) is 11.8 Å². The Morgan fingerprint density at radius 1 is 0.434 bits per heavy atom. The highest BCUT2D eigenvalue weighted by atomic mass is 27.1. The minimum absolute atomic E-state index is 0.252. The zero-order chi connectivity index (χ0) is 35.2. The highest BCUT2D eigenvalue weighted by Gasteiger charge is 2.35. The molecule has 0 radical (unpaired) electrons. The molecule has 0 unspecified atom stereocenters. The molecule has 53 heavy (non-hydrogen) atoms. The fourth-order valence-electron chi connectivity index (χ4n) is 7.65. The summed E-state index contributed by atoms with van der Waals surface area (Å²) < 4.78 is 1.04. The van der Waals surface area contributed by atoms with Crippen LogP contribution in [-0.4, -0.2) is 77.2 Å². The maximum atomic E-state index is 13.3. The third-order valence-electron chi connectivity index (χ3n) is 10.1. The van der Waals surface area contributed by atoms with E-state index in [0.29, 0.717) is 62.4 Å². The van der Waals surface area contributed by atoms with Crippen LogP contribution in [0.25, 0.3) is 89.7 Å². The van der Waals surface area contributed by atoms with Gasteiger partial charge in [0.05, 0.1) is 11.1 Å². The molecule has 0 saturated carbocycles. The SMILES string of the molecule is O=C1c2ccccc2C(=O)N1[CH2][AlH][c]1cccc2c3nc4nc(nc5[nH]c(nc6nc(nc([nH]3)c12)-c1ccccc1-6)c1ccccc51)-c1ccccc1-4. The van der Waals surface area contributed by atoms with Crippen LogP contribution in [-0.2, 0) is 0 Å². The average molecular weight is 702 g/mol. The Balaban J connectivity index is 1.19. The van der Waals surface area contributed by atoms with Gasteiger partial charge in [0.2, 0.25) is 0 Å². The molecule has 2 N–H and O–H groups in total. The Labute approximate surface area is 306 Å². The Morgan fingerprint density at radius 2 is 0.830 bits per heavy atom. The van der Waals surface area contributed by atoms with Crippen LogP contribution < -0.4 is 4.43 Å². The third-order valence-corrected chi connectivity index (χ3v) is 11.9. The van der Waals surface area contributed by atoms with Crippen LogP contribution in [0.15, 0.2) is 115 Å². The first kappa shape index (κ1) is 29.8. The second-order valence-electron chi connectivity index (χ2n) is 13.1. The fraction of sp³-hybridized carbons (Fsp3) is 0.0244. The Hall–Kier alpha value is -6.87. The van der Waals surface area contributed by atoms with Gasteiger partial charge in [-0.05, 0) is 17.5 Å². The Bertz CT molecular complexity index is 3060. The second kappa shape index (κ2) is 11.3. The van der Waals surface area contributed by atoms with Crippen LogP contribution in [0.2, 0.25) is 0 Å². The third kappa shape index (κ3) is 4.53. The smallest absolute Gasteiger partial charge is 0.311 e. The summed E-state index contributed by atoms with van der Waals surface area (Å²) in [6, 6.07) is 36.9. The lowest BCUT2D eigenvalue weighted by atomic mass is 10.1. The van der Waals surface area contributed by atoms with Crippen molar-refractivity contribution in [3.8, 4) is 45.6 Å². The minimum Gasteiger partial charge on any atom is -0.324 e. The summed E-state index contributed by atoms with van der Waals surface area (Å²) in [6.45, 7) is 0. The minimum atomic E-state index is -1.23. The summed E-state index contributed by atoms with van der Waals surface area (Å²) >= 11 is -1.23. The molecule has 11 nitrogen and oxygen atoms in total. The van der Waals surface area contributed by atoms with E-state index in [4.69, 9.17) is 29.9 Å². The van der Waals surface area contributed by atoms with E-state index in [1.807, 2.05) is 84.9 Å². The molecule has 8 aromatic rings. The van der Waals surface area contributed by atoms with Crippen molar-refractivity contribution in [2.45, 2.75) is 0 Å². The van der Waals surface area contributed by atoms with E-state index < -0.39 is 15.2 Å². The normalized spacial score (nSPS) is 13.0. The number of hydrogen-bond donors (Lipinski definition) is 2. The number of nitrogens with zero attached hydrogens (tertiary/aromatic N) is 7. The lowest BCUT2D eigenvalue weighted by Gasteiger charge is -2.13. The molecule has 5 aromatic carbocycles. The van der Waals surface area contributed by atoms with Crippen LogP contribution in [0.4, 0.5) is 0 Å². The molecule has 0 saturated heterocycles. The second-order valence-corrected chi connectivity index (χ2v) is 14.9. The molecular formula is C41H24AlN9O2. The van der Waals surface area contributed by atoms with E-state index >= 15 is 0 Å². The molecule has 3 aliphatic rings. The van der Waals surface area contributed by atoms with Crippen molar-refractivity contribution in [3.05, 3.63) is 126 Å². The molecule has 11 rings (SSSR count). The van der Waals surface area contributed by atoms with Gasteiger partial charge in [-0.3, -0.25) is 14.5 Å². The first-order valence-electron chi connectivity index (χ1n) is 17.3. The number of amides is 2. The van der Waals surface area contributed by atoms with E-state index in [2.05, 4.69) is 16.0 Å². The summed E-state index contributed by atoms with van der Waals surface area (Å²) in [4.78, 5) is 65.4. The van der Waals surface area contributed by atoms with E-state index in [0.717, 1.165) is 48.2 Å². The van der Waals surface area contributed by atoms with Crippen molar-refractivity contribution in [3.63, 3.8) is 0 Å². The highest BCUT2D eigenvalue weighted by molar-refractivity contribution is 6.59. The lowest BCUT2D eigenvalue weighted by molar-refractivity contribution is 0.0681. The zero-order valence-corrected chi connectivity index (χ0v) is 29.2. The molecule has 0 atom stereocenters. The van der Waals surface area contributed by atoms with Gasteiger partial charge in [-0.15, -0.1) is 4.43 Å². The molecule has 3 aromatic heterocycles. The van der Waals surface area contributed by atoms with Gasteiger partial charge in [-0.2, -0.15) is 0 Å². The van der Waals surface area contributed by atoms with Crippen LogP contribution in [0.1, 0.15) is 20.7 Å². The number of hydrogen-bond acceptors (Lipinski definition) is 8. The van der Waals surface area contributed by atoms with Gasteiger partial charge in [-0.25, -0.2) is 29.9 Å². The van der Waals surface area contributed by atoms with Gasteiger partial charge in [0, 0.05) is 43.8 Å². The fourth-order valence-corrected chi connectivity index (χ4v) is 9.43. The number of imide groups is 1.